The number of hydrogen-bond donors (Lipinski definition) is 2. The molecule has 0 aliphatic heterocycles. The lowest BCUT2D eigenvalue weighted by molar-refractivity contribution is -0.384. The summed E-state index contributed by atoms with van der Waals surface area (Å²) in [5.41, 5.74) is 0.545. The van der Waals surface area contributed by atoms with Crippen molar-refractivity contribution >= 4 is 17.3 Å². The number of aliphatic hydroxyl groups is 1. The van der Waals surface area contributed by atoms with Crippen molar-refractivity contribution in [1.29, 1.82) is 0 Å². The molecule has 21 heavy (non-hydrogen) atoms. The maximum Gasteiger partial charge on any atom is 0.270 e. The number of nitrogens with one attached hydrogen (secondary N) is 1. The van der Waals surface area contributed by atoms with E-state index < -0.39 is 4.92 Å². The van der Waals surface area contributed by atoms with Crippen molar-refractivity contribution in [1.82, 2.24) is 5.32 Å². The lowest BCUT2D eigenvalue weighted by atomic mass is 9.77. The molecule has 1 fully saturated rings. The Morgan fingerprint density at radius 3 is 2.90 bits per heavy atom. The molecular formula is C15H21ClN2O3. The number of hydrogen-bond acceptors (Lipinski definition) is 4. The van der Waals surface area contributed by atoms with Gasteiger partial charge >= 0.3 is 0 Å². The summed E-state index contributed by atoms with van der Waals surface area (Å²) in [4.78, 5) is 10.2. The van der Waals surface area contributed by atoms with Crippen LogP contribution in [0, 0.1) is 16.0 Å². The number of nitrogens with zero attached hydrogens (tertiary/aromatic N) is 1. The highest BCUT2D eigenvalue weighted by Crippen LogP contribution is 2.32. The van der Waals surface area contributed by atoms with E-state index in [1.807, 2.05) is 0 Å². The van der Waals surface area contributed by atoms with Gasteiger partial charge < -0.3 is 10.4 Å². The molecular weight excluding hydrogens is 292 g/mol. The molecule has 1 aromatic rings. The molecule has 0 spiro atoms. The van der Waals surface area contributed by atoms with E-state index in [1.54, 1.807) is 6.07 Å². The van der Waals surface area contributed by atoms with Gasteiger partial charge in [0.1, 0.15) is 0 Å². The summed E-state index contributed by atoms with van der Waals surface area (Å²) in [7, 11) is 0. The van der Waals surface area contributed by atoms with Crippen LogP contribution in [0.4, 0.5) is 5.69 Å². The van der Waals surface area contributed by atoms with Gasteiger partial charge in [-0.2, -0.15) is 0 Å². The average molecular weight is 313 g/mol. The van der Waals surface area contributed by atoms with Crippen LogP contribution in [0.1, 0.15) is 38.2 Å². The highest BCUT2D eigenvalue weighted by Gasteiger charge is 2.33. The van der Waals surface area contributed by atoms with Gasteiger partial charge in [-0.05, 0) is 30.4 Å². The zero-order valence-corrected chi connectivity index (χ0v) is 12.9. The first kappa shape index (κ1) is 16.2. The van der Waals surface area contributed by atoms with Crippen molar-refractivity contribution in [3.63, 3.8) is 0 Å². The Balaban J connectivity index is 2.06. The van der Waals surface area contributed by atoms with Crippen LogP contribution in [0.15, 0.2) is 18.2 Å². The quantitative estimate of drug-likeness (QED) is 0.646. The molecule has 1 aliphatic rings. The lowest BCUT2D eigenvalue weighted by Crippen LogP contribution is -2.51. The third kappa shape index (κ3) is 3.93. The fourth-order valence-electron chi connectivity index (χ4n) is 3.10. The SMILES string of the molecule is CC1CCCC(CO)(NCc2ccc([N+](=O)[O-])cc2Cl)C1. The summed E-state index contributed by atoms with van der Waals surface area (Å²) >= 11 is 6.10. The molecule has 1 saturated carbocycles. The van der Waals surface area contributed by atoms with Gasteiger partial charge in [0, 0.05) is 24.2 Å². The van der Waals surface area contributed by atoms with Gasteiger partial charge in [-0.1, -0.05) is 31.4 Å². The molecule has 116 valence electrons. The van der Waals surface area contributed by atoms with Crippen molar-refractivity contribution in [3.05, 3.63) is 38.9 Å². The van der Waals surface area contributed by atoms with Gasteiger partial charge in [-0.15, -0.1) is 0 Å². The van der Waals surface area contributed by atoms with E-state index in [0.717, 1.165) is 24.8 Å². The maximum atomic E-state index is 10.7. The minimum Gasteiger partial charge on any atom is -0.394 e. The van der Waals surface area contributed by atoms with Crippen LogP contribution < -0.4 is 5.32 Å². The second-order valence-corrected chi connectivity index (χ2v) is 6.43. The number of non-ortho nitro benzene ring substituents is 1. The number of aliphatic hydroxyl groups excluding tert-OH is 1. The van der Waals surface area contributed by atoms with E-state index in [9.17, 15) is 15.2 Å². The molecule has 0 radical (unpaired) electrons. The van der Waals surface area contributed by atoms with Crippen LogP contribution in [0.2, 0.25) is 5.02 Å². The molecule has 5 nitrogen and oxygen atoms in total. The molecule has 0 aromatic heterocycles. The molecule has 1 aromatic carbocycles. The van der Waals surface area contributed by atoms with E-state index in [0.29, 0.717) is 17.5 Å². The molecule has 0 saturated heterocycles. The van der Waals surface area contributed by atoms with Crippen LogP contribution in [0.25, 0.3) is 0 Å². The van der Waals surface area contributed by atoms with E-state index in [1.165, 1.54) is 18.6 Å². The molecule has 0 bridgehead atoms. The van der Waals surface area contributed by atoms with Gasteiger partial charge in [0.05, 0.1) is 16.6 Å². The van der Waals surface area contributed by atoms with Gasteiger partial charge in [-0.25, -0.2) is 0 Å². The lowest BCUT2D eigenvalue weighted by Gasteiger charge is -2.39. The van der Waals surface area contributed by atoms with Gasteiger partial charge in [0.15, 0.2) is 0 Å². The summed E-state index contributed by atoms with van der Waals surface area (Å²) in [5, 5.41) is 24.2. The number of benzene rings is 1. The Morgan fingerprint density at radius 1 is 1.57 bits per heavy atom. The number of nitro groups is 1. The monoisotopic (exact) mass is 312 g/mol. The first-order valence-electron chi connectivity index (χ1n) is 7.24. The van der Waals surface area contributed by atoms with Crippen molar-refractivity contribution in [2.75, 3.05) is 6.61 Å². The fraction of sp³-hybridized carbons (Fsp3) is 0.600. The number of halogens is 1. The highest BCUT2D eigenvalue weighted by molar-refractivity contribution is 6.31. The van der Waals surface area contributed by atoms with Gasteiger partial charge in [0.25, 0.3) is 5.69 Å². The zero-order chi connectivity index (χ0) is 15.5. The van der Waals surface area contributed by atoms with Crippen molar-refractivity contribution in [2.24, 2.45) is 5.92 Å². The summed E-state index contributed by atoms with van der Waals surface area (Å²) in [5.74, 6) is 0.589. The number of nitro benzene ring substituents is 1. The Bertz CT molecular complexity index is 524. The predicted octanol–water partition coefficient (Wildman–Crippen LogP) is 3.28. The smallest absolute Gasteiger partial charge is 0.270 e. The Kier molecular flexibility index (Phi) is 5.19. The number of rotatable bonds is 5. The van der Waals surface area contributed by atoms with Crippen LogP contribution >= 0.6 is 11.6 Å². The first-order chi connectivity index (χ1) is 9.96. The van der Waals surface area contributed by atoms with Crippen molar-refractivity contribution in [3.8, 4) is 0 Å². The minimum absolute atomic E-state index is 0.00749. The maximum absolute atomic E-state index is 10.7. The van der Waals surface area contributed by atoms with E-state index in [-0.39, 0.29) is 17.8 Å². The Labute approximate surface area is 129 Å². The normalized spacial score (nSPS) is 25.8. The summed E-state index contributed by atoms with van der Waals surface area (Å²) in [6.07, 6.45) is 4.18. The fourth-order valence-corrected chi connectivity index (χ4v) is 3.34. The third-order valence-electron chi connectivity index (χ3n) is 4.30. The second kappa shape index (κ2) is 6.73. The van der Waals surface area contributed by atoms with Crippen LogP contribution in [-0.2, 0) is 6.54 Å². The first-order valence-corrected chi connectivity index (χ1v) is 7.62. The van der Waals surface area contributed by atoms with Gasteiger partial charge in [-0.3, -0.25) is 10.1 Å². The molecule has 2 N–H and O–H groups in total. The summed E-state index contributed by atoms with van der Waals surface area (Å²) < 4.78 is 0. The topological polar surface area (TPSA) is 75.4 Å². The standard InChI is InChI=1S/C15H21ClN2O3/c1-11-3-2-6-15(8-11,10-19)17-9-12-4-5-13(18(20)21)7-14(12)16/h4-5,7,11,17,19H,2-3,6,8-10H2,1H3. The van der Waals surface area contributed by atoms with Gasteiger partial charge in [0.2, 0.25) is 0 Å². The average Bonchev–Trinajstić information content (AvgIpc) is 2.46. The van der Waals surface area contributed by atoms with Crippen LogP contribution in [-0.4, -0.2) is 22.2 Å². The van der Waals surface area contributed by atoms with Crippen molar-refractivity contribution < 1.29 is 10.0 Å². The zero-order valence-electron chi connectivity index (χ0n) is 12.1. The molecule has 0 amide bonds. The van der Waals surface area contributed by atoms with E-state index in [2.05, 4.69) is 12.2 Å². The molecule has 2 atom stereocenters. The van der Waals surface area contributed by atoms with Crippen LogP contribution in [0.5, 0.6) is 0 Å². The molecule has 2 rings (SSSR count). The van der Waals surface area contributed by atoms with Crippen LogP contribution in [0.3, 0.4) is 0 Å². The predicted molar refractivity (Wildman–Crippen MR) is 82.4 cm³/mol. The molecule has 1 aliphatic carbocycles. The Hall–Kier alpha value is -1.17. The Morgan fingerprint density at radius 2 is 2.33 bits per heavy atom. The summed E-state index contributed by atoms with van der Waals surface area (Å²) in [6.45, 7) is 2.80. The van der Waals surface area contributed by atoms with E-state index in [4.69, 9.17) is 11.6 Å². The largest absolute Gasteiger partial charge is 0.394 e. The third-order valence-corrected chi connectivity index (χ3v) is 4.65. The van der Waals surface area contributed by atoms with E-state index >= 15 is 0 Å². The molecule has 0 heterocycles. The summed E-state index contributed by atoms with van der Waals surface area (Å²) in [6, 6.07) is 4.50. The van der Waals surface area contributed by atoms with Crippen molar-refractivity contribution in [2.45, 2.75) is 44.7 Å². The highest BCUT2D eigenvalue weighted by atomic mass is 35.5. The molecule has 2 unspecified atom stereocenters. The minimum atomic E-state index is -0.457. The second-order valence-electron chi connectivity index (χ2n) is 6.03. The molecule has 6 heteroatoms.